The molecule has 0 aliphatic rings. The van der Waals surface area contributed by atoms with Crippen LogP contribution in [0.2, 0.25) is 0 Å². The molecule has 0 amide bonds. The Kier molecular flexibility index (Phi) is 3.70. The lowest BCUT2D eigenvalue weighted by Gasteiger charge is -2.14. The number of aromatic nitrogens is 1. The van der Waals surface area contributed by atoms with E-state index in [1.165, 1.54) is 24.4 Å². The second-order valence-electron chi connectivity index (χ2n) is 3.89. The van der Waals surface area contributed by atoms with Gasteiger partial charge in [0.05, 0.1) is 0 Å². The van der Waals surface area contributed by atoms with Gasteiger partial charge in [-0.1, -0.05) is 12.1 Å². The van der Waals surface area contributed by atoms with E-state index in [2.05, 4.69) is 4.98 Å². The van der Waals surface area contributed by atoms with Gasteiger partial charge in [-0.2, -0.15) is 0 Å². The van der Waals surface area contributed by atoms with Crippen molar-refractivity contribution in [3.05, 3.63) is 64.1 Å². The van der Waals surface area contributed by atoms with Crippen LogP contribution in [0.25, 0.3) is 0 Å². The summed E-state index contributed by atoms with van der Waals surface area (Å²) in [5, 5.41) is 10.8. The number of ether oxygens (including phenoxy) is 1. The fourth-order valence-electron chi connectivity index (χ4n) is 1.60. The van der Waals surface area contributed by atoms with Crippen LogP contribution < -0.4 is 4.74 Å². The van der Waals surface area contributed by atoms with Crippen LogP contribution in [0.3, 0.4) is 0 Å². The van der Waals surface area contributed by atoms with E-state index in [1.807, 2.05) is 0 Å². The van der Waals surface area contributed by atoms with E-state index in [1.54, 1.807) is 25.1 Å². The standard InChI is InChI=1S/C13H11FN2O3/c1-9(10-4-6-11(14)7-5-10)19-12-3-2-8-15-13(12)16(17)18/h2-9H,1H3. The zero-order valence-corrected chi connectivity index (χ0v) is 10.1. The summed E-state index contributed by atoms with van der Waals surface area (Å²) in [6.07, 6.45) is 0.886. The Labute approximate surface area is 108 Å². The Morgan fingerprint density at radius 1 is 1.32 bits per heavy atom. The lowest BCUT2D eigenvalue weighted by Crippen LogP contribution is -2.05. The van der Waals surface area contributed by atoms with Crippen molar-refractivity contribution in [2.24, 2.45) is 0 Å². The molecular formula is C13H11FN2O3. The van der Waals surface area contributed by atoms with E-state index in [-0.39, 0.29) is 17.4 Å². The molecule has 1 aromatic heterocycles. The second kappa shape index (κ2) is 5.43. The quantitative estimate of drug-likeness (QED) is 0.626. The molecule has 98 valence electrons. The van der Waals surface area contributed by atoms with E-state index in [4.69, 9.17) is 4.74 Å². The third kappa shape index (κ3) is 3.04. The summed E-state index contributed by atoms with van der Waals surface area (Å²) in [4.78, 5) is 13.8. The molecule has 0 radical (unpaired) electrons. The molecular weight excluding hydrogens is 251 g/mol. The molecule has 0 N–H and O–H groups in total. The van der Waals surface area contributed by atoms with E-state index in [0.29, 0.717) is 0 Å². The van der Waals surface area contributed by atoms with Gasteiger partial charge in [0.1, 0.15) is 18.1 Å². The minimum absolute atomic E-state index is 0.0873. The highest BCUT2D eigenvalue weighted by Gasteiger charge is 2.18. The highest BCUT2D eigenvalue weighted by Crippen LogP contribution is 2.28. The second-order valence-corrected chi connectivity index (χ2v) is 3.89. The molecule has 6 heteroatoms. The average Bonchev–Trinajstić information content (AvgIpc) is 2.39. The molecule has 5 nitrogen and oxygen atoms in total. The van der Waals surface area contributed by atoms with Crippen molar-refractivity contribution in [1.82, 2.24) is 4.98 Å². The predicted molar refractivity (Wildman–Crippen MR) is 66.3 cm³/mol. The van der Waals surface area contributed by atoms with Gasteiger partial charge in [0.2, 0.25) is 5.75 Å². The molecule has 0 aliphatic carbocycles. The summed E-state index contributed by atoms with van der Waals surface area (Å²) in [7, 11) is 0. The van der Waals surface area contributed by atoms with Crippen LogP contribution in [0, 0.1) is 15.9 Å². The first kappa shape index (κ1) is 12.9. The van der Waals surface area contributed by atoms with E-state index in [9.17, 15) is 14.5 Å². The highest BCUT2D eigenvalue weighted by atomic mass is 19.1. The van der Waals surface area contributed by atoms with Crippen LogP contribution in [0.4, 0.5) is 10.2 Å². The van der Waals surface area contributed by atoms with Crippen molar-refractivity contribution in [3.8, 4) is 5.75 Å². The summed E-state index contributed by atoms with van der Waals surface area (Å²) in [6.45, 7) is 1.73. The van der Waals surface area contributed by atoms with Crippen molar-refractivity contribution < 1.29 is 14.1 Å². The van der Waals surface area contributed by atoms with Crippen molar-refractivity contribution >= 4 is 5.82 Å². The van der Waals surface area contributed by atoms with E-state index >= 15 is 0 Å². The molecule has 0 saturated carbocycles. The predicted octanol–water partition coefficient (Wildman–Crippen LogP) is 3.27. The third-order valence-electron chi connectivity index (χ3n) is 2.57. The highest BCUT2D eigenvalue weighted by molar-refractivity contribution is 5.39. The Balaban J connectivity index is 2.21. The monoisotopic (exact) mass is 262 g/mol. The van der Waals surface area contributed by atoms with Crippen molar-refractivity contribution in [2.75, 3.05) is 0 Å². The minimum Gasteiger partial charge on any atom is -0.478 e. The number of nitrogens with zero attached hydrogens (tertiary/aromatic N) is 2. The third-order valence-corrected chi connectivity index (χ3v) is 2.57. The molecule has 2 rings (SSSR count). The smallest absolute Gasteiger partial charge is 0.406 e. The topological polar surface area (TPSA) is 65.3 Å². The molecule has 0 spiro atoms. The van der Waals surface area contributed by atoms with E-state index < -0.39 is 11.0 Å². The van der Waals surface area contributed by atoms with Gasteiger partial charge in [-0.05, 0) is 46.7 Å². The van der Waals surface area contributed by atoms with Crippen LogP contribution in [0.15, 0.2) is 42.6 Å². The SMILES string of the molecule is CC(Oc1cccnc1[N+](=O)[O-])c1ccc(F)cc1. The number of halogens is 1. The van der Waals surface area contributed by atoms with Gasteiger partial charge >= 0.3 is 5.82 Å². The maximum atomic E-state index is 12.8. The Morgan fingerprint density at radius 3 is 2.63 bits per heavy atom. The number of pyridine rings is 1. The van der Waals surface area contributed by atoms with Crippen molar-refractivity contribution in [3.63, 3.8) is 0 Å². The van der Waals surface area contributed by atoms with Crippen molar-refractivity contribution in [1.29, 1.82) is 0 Å². The molecule has 1 atom stereocenters. The number of rotatable bonds is 4. The molecule has 0 fully saturated rings. The summed E-state index contributed by atoms with van der Waals surface area (Å²) in [5.74, 6) is -0.593. The normalized spacial score (nSPS) is 11.9. The minimum atomic E-state index is -0.604. The number of hydrogen-bond acceptors (Lipinski definition) is 4. The first-order valence-corrected chi connectivity index (χ1v) is 5.59. The van der Waals surface area contributed by atoms with Gasteiger partial charge in [0, 0.05) is 0 Å². The van der Waals surface area contributed by atoms with Gasteiger partial charge in [0.15, 0.2) is 0 Å². The molecule has 0 saturated heterocycles. The number of hydrogen-bond donors (Lipinski definition) is 0. The molecule has 0 bridgehead atoms. The summed E-state index contributed by atoms with van der Waals surface area (Å²) in [6, 6.07) is 8.80. The van der Waals surface area contributed by atoms with Gasteiger partial charge < -0.3 is 14.9 Å². The molecule has 1 heterocycles. The van der Waals surface area contributed by atoms with Crippen LogP contribution >= 0.6 is 0 Å². The zero-order chi connectivity index (χ0) is 13.8. The van der Waals surface area contributed by atoms with Gasteiger partial charge in [-0.15, -0.1) is 0 Å². The van der Waals surface area contributed by atoms with Crippen LogP contribution in [-0.4, -0.2) is 9.91 Å². The maximum Gasteiger partial charge on any atom is 0.406 e. The van der Waals surface area contributed by atoms with Crippen molar-refractivity contribution in [2.45, 2.75) is 13.0 Å². The summed E-state index contributed by atoms with van der Waals surface area (Å²) in [5.41, 5.74) is 0.722. The first-order chi connectivity index (χ1) is 9.08. The lowest BCUT2D eigenvalue weighted by molar-refractivity contribution is -0.390. The fraction of sp³-hybridized carbons (Fsp3) is 0.154. The Bertz CT molecular complexity index is 587. The molecule has 2 aromatic rings. The Hall–Kier alpha value is -2.50. The first-order valence-electron chi connectivity index (χ1n) is 5.59. The maximum absolute atomic E-state index is 12.8. The van der Waals surface area contributed by atoms with Gasteiger partial charge in [-0.25, -0.2) is 4.39 Å². The molecule has 0 aliphatic heterocycles. The van der Waals surface area contributed by atoms with Crippen LogP contribution in [-0.2, 0) is 0 Å². The average molecular weight is 262 g/mol. The molecule has 1 aromatic carbocycles. The summed E-state index contributed by atoms with van der Waals surface area (Å²) < 4.78 is 18.3. The van der Waals surface area contributed by atoms with Crippen LogP contribution in [0.1, 0.15) is 18.6 Å². The molecule has 19 heavy (non-hydrogen) atoms. The zero-order valence-electron chi connectivity index (χ0n) is 10.1. The van der Waals surface area contributed by atoms with Crippen LogP contribution in [0.5, 0.6) is 5.75 Å². The Morgan fingerprint density at radius 2 is 2.00 bits per heavy atom. The van der Waals surface area contributed by atoms with E-state index in [0.717, 1.165) is 5.56 Å². The lowest BCUT2D eigenvalue weighted by atomic mass is 10.1. The summed E-state index contributed by atoms with van der Waals surface area (Å²) >= 11 is 0. The molecule has 1 unspecified atom stereocenters. The largest absolute Gasteiger partial charge is 0.478 e. The van der Waals surface area contributed by atoms with Gasteiger partial charge in [-0.3, -0.25) is 0 Å². The number of benzene rings is 1. The number of nitro groups is 1. The van der Waals surface area contributed by atoms with Gasteiger partial charge in [0.25, 0.3) is 0 Å². The fourth-order valence-corrected chi connectivity index (χ4v) is 1.60.